The van der Waals surface area contributed by atoms with Gasteiger partial charge in [0.2, 0.25) is 0 Å². The third-order valence-corrected chi connectivity index (χ3v) is 4.65. The molecule has 2 aromatic carbocycles. The van der Waals surface area contributed by atoms with Crippen molar-refractivity contribution in [2.24, 2.45) is 0 Å². The minimum Gasteiger partial charge on any atom is -0.461 e. The molecule has 2 rings (SSSR count). The summed E-state index contributed by atoms with van der Waals surface area (Å²) >= 11 is 11.9. The molecule has 0 spiro atoms. The molecule has 0 saturated heterocycles. The van der Waals surface area contributed by atoms with Gasteiger partial charge in [-0.25, -0.2) is 9.59 Å². The van der Waals surface area contributed by atoms with E-state index < -0.39 is 12.0 Å². The number of likely N-dealkylation sites (N-methyl/N-ethyl adjacent to an activating group) is 1. The van der Waals surface area contributed by atoms with Crippen LogP contribution in [0.3, 0.4) is 0 Å². The summed E-state index contributed by atoms with van der Waals surface area (Å²) in [4.78, 5) is 26.4. The van der Waals surface area contributed by atoms with E-state index in [-0.39, 0.29) is 12.4 Å². The van der Waals surface area contributed by atoms with Crippen LogP contribution in [-0.2, 0) is 4.74 Å². The van der Waals surface area contributed by atoms with Gasteiger partial charge in [-0.3, -0.25) is 0 Å². The van der Waals surface area contributed by atoms with Gasteiger partial charge in [0.1, 0.15) is 6.61 Å². The number of amides is 2. The zero-order chi connectivity index (χ0) is 20.5. The van der Waals surface area contributed by atoms with Crippen LogP contribution in [0, 0.1) is 0 Å². The predicted octanol–water partition coefficient (Wildman–Crippen LogP) is 5.56. The Morgan fingerprint density at radius 3 is 2.28 bits per heavy atom. The van der Waals surface area contributed by atoms with Gasteiger partial charge in [-0.2, -0.15) is 0 Å². The fourth-order valence-electron chi connectivity index (χ4n) is 2.46. The van der Waals surface area contributed by atoms with Crippen LogP contribution < -0.4 is 10.6 Å². The van der Waals surface area contributed by atoms with Gasteiger partial charge in [-0.1, -0.05) is 37.0 Å². The average molecular weight is 461 g/mol. The Kier molecular flexibility index (Phi) is 10.8. The second-order valence-corrected chi connectivity index (χ2v) is 6.79. The van der Waals surface area contributed by atoms with Crippen molar-refractivity contribution < 1.29 is 14.3 Å². The first-order chi connectivity index (χ1) is 13.4. The van der Waals surface area contributed by atoms with Gasteiger partial charge in [-0.05, 0) is 55.6 Å². The largest absolute Gasteiger partial charge is 0.461 e. The number of rotatable bonds is 8. The van der Waals surface area contributed by atoms with Gasteiger partial charge < -0.3 is 20.3 Å². The number of hydrogen-bond donors (Lipinski definition) is 2. The molecule has 2 aromatic rings. The van der Waals surface area contributed by atoms with Crippen molar-refractivity contribution >= 4 is 59.0 Å². The minimum absolute atomic E-state index is 0. The number of urea groups is 1. The van der Waals surface area contributed by atoms with Crippen molar-refractivity contribution in [1.82, 2.24) is 4.90 Å². The standard InChI is InChI=1S/C20H23Cl2N3O3.ClH/c1-3-25(4-2)11-12-28-19(26)14-5-8-16(9-6-14)23-20(27)24-18-13-15(21)7-10-17(18)22;/h5-10,13H,3-4,11-12H2,1-2H3,(H2,23,24,27);1H. The molecular weight excluding hydrogens is 437 g/mol. The topological polar surface area (TPSA) is 70.7 Å². The number of nitrogens with one attached hydrogen (secondary N) is 2. The van der Waals surface area contributed by atoms with Crippen LogP contribution >= 0.6 is 35.6 Å². The lowest BCUT2D eigenvalue weighted by Gasteiger charge is -2.17. The molecule has 6 nitrogen and oxygen atoms in total. The van der Waals surface area contributed by atoms with Gasteiger partial charge in [0, 0.05) is 17.3 Å². The zero-order valence-electron chi connectivity index (χ0n) is 16.2. The highest BCUT2D eigenvalue weighted by molar-refractivity contribution is 6.35. The summed E-state index contributed by atoms with van der Waals surface area (Å²) in [6.45, 7) is 6.99. The highest BCUT2D eigenvalue weighted by atomic mass is 35.5. The molecule has 0 radical (unpaired) electrons. The molecule has 0 aliphatic carbocycles. The molecule has 0 aliphatic heterocycles. The number of ether oxygens (including phenoxy) is 1. The Morgan fingerprint density at radius 1 is 1.00 bits per heavy atom. The molecule has 29 heavy (non-hydrogen) atoms. The third-order valence-electron chi connectivity index (χ3n) is 4.09. The van der Waals surface area contributed by atoms with Crippen LogP contribution in [0.5, 0.6) is 0 Å². The molecular formula is C20H24Cl3N3O3. The van der Waals surface area contributed by atoms with Crippen molar-refractivity contribution in [3.8, 4) is 0 Å². The maximum atomic E-state index is 12.1. The lowest BCUT2D eigenvalue weighted by Crippen LogP contribution is -2.27. The van der Waals surface area contributed by atoms with Crippen LogP contribution in [0.25, 0.3) is 0 Å². The second kappa shape index (κ2) is 12.5. The van der Waals surface area contributed by atoms with E-state index in [9.17, 15) is 9.59 Å². The zero-order valence-corrected chi connectivity index (χ0v) is 18.5. The maximum absolute atomic E-state index is 12.1. The summed E-state index contributed by atoms with van der Waals surface area (Å²) < 4.78 is 5.28. The van der Waals surface area contributed by atoms with Crippen LogP contribution in [0.4, 0.5) is 16.2 Å². The number of esters is 1. The molecule has 9 heteroatoms. The number of carbonyl (C=O) groups excluding carboxylic acids is 2. The van der Waals surface area contributed by atoms with Gasteiger partial charge >= 0.3 is 12.0 Å². The Balaban J connectivity index is 0.00000420. The first kappa shape index (κ1) is 25.0. The lowest BCUT2D eigenvalue weighted by molar-refractivity contribution is 0.0466. The Labute approximate surface area is 186 Å². The fraction of sp³-hybridized carbons (Fsp3) is 0.300. The molecule has 0 atom stereocenters. The Morgan fingerprint density at radius 2 is 1.66 bits per heavy atom. The number of benzene rings is 2. The molecule has 2 amide bonds. The van der Waals surface area contributed by atoms with Crippen molar-refractivity contribution in [3.05, 3.63) is 58.1 Å². The van der Waals surface area contributed by atoms with E-state index in [2.05, 4.69) is 29.4 Å². The summed E-state index contributed by atoms with van der Waals surface area (Å²) in [5.41, 5.74) is 1.35. The van der Waals surface area contributed by atoms with Gasteiger partial charge in [0.25, 0.3) is 0 Å². The van der Waals surface area contributed by atoms with Gasteiger partial charge in [0.15, 0.2) is 0 Å². The molecule has 0 aliphatic rings. The van der Waals surface area contributed by atoms with E-state index in [1.165, 1.54) is 0 Å². The second-order valence-electron chi connectivity index (χ2n) is 5.94. The van der Waals surface area contributed by atoms with E-state index in [1.807, 2.05) is 0 Å². The monoisotopic (exact) mass is 459 g/mol. The van der Waals surface area contributed by atoms with Gasteiger partial charge in [0.05, 0.1) is 16.3 Å². The Hall–Kier alpha value is -1.99. The normalized spacial score (nSPS) is 10.2. The highest BCUT2D eigenvalue weighted by Gasteiger charge is 2.10. The number of carbonyl (C=O) groups is 2. The van der Waals surface area contributed by atoms with Crippen molar-refractivity contribution in [2.75, 3.05) is 36.9 Å². The molecule has 0 aromatic heterocycles. The molecule has 0 bridgehead atoms. The minimum atomic E-state index is -0.473. The third kappa shape index (κ3) is 8.11. The lowest BCUT2D eigenvalue weighted by atomic mass is 10.2. The van der Waals surface area contributed by atoms with E-state index in [1.54, 1.807) is 42.5 Å². The smallest absolute Gasteiger partial charge is 0.338 e. The molecule has 0 saturated carbocycles. The summed E-state index contributed by atoms with van der Waals surface area (Å²) in [6, 6.07) is 10.8. The van der Waals surface area contributed by atoms with Crippen molar-refractivity contribution in [3.63, 3.8) is 0 Å². The molecule has 0 fully saturated rings. The van der Waals surface area contributed by atoms with Crippen LogP contribution in [-0.4, -0.2) is 43.1 Å². The average Bonchev–Trinajstić information content (AvgIpc) is 2.68. The van der Waals surface area contributed by atoms with Crippen LogP contribution in [0.1, 0.15) is 24.2 Å². The first-order valence-electron chi connectivity index (χ1n) is 8.95. The first-order valence-corrected chi connectivity index (χ1v) is 9.71. The predicted molar refractivity (Wildman–Crippen MR) is 121 cm³/mol. The molecule has 2 N–H and O–H groups in total. The highest BCUT2D eigenvalue weighted by Crippen LogP contribution is 2.25. The van der Waals surface area contributed by atoms with Crippen LogP contribution in [0.15, 0.2) is 42.5 Å². The SMILES string of the molecule is CCN(CC)CCOC(=O)c1ccc(NC(=O)Nc2cc(Cl)ccc2Cl)cc1.Cl. The molecule has 0 heterocycles. The Bertz CT molecular complexity index is 812. The maximum Gasteiger partial charge on any atom is 0.338 e. The molecule has 158 valence electrons. The summed E-state index contributed by atoms with van der Waals surface area (Å²) in [5.74, 6) is -0.395. The fourth-order valence-corrected chi connectivity index (χ4v) is 2.80. The number of hydrogen-bond acceptors (Lipinski definition) is 4. The molecule has 0 unspecified atom stereocenters. The number of anilines is 2. The number of halogens is 3. The van der Waals surface area contributed by atoms with E-state index >= 15 is 0 Å². The van der Waals surface area contributed by atoms with Crippen molar-refractivity contribution in [1.29, 1.82) is 0 Å². The van der Waals surface area contributed by atoms with E-state index in [0.717, 1.165) is 13.1 Å². The number of nitrogens with zero attached hydrogens (tertiary/aromatic N) is 1. The van der Waals surface area contributed by atoms with Crippen LogP contribution in [0.2, 0.25) is 10.0 Å². The summed E-state index contributed by atoms with van der Waals surface area (Å²) in [7, 11) is 0. The van der Waals surface area contributed by atoms with E-state index in [0.29, 0.717) is 40.1 Å². The summed E-state index contributed by atoms with van der Waals surface area (Å²) in [5, 5.41) is 6.13. The van der Waals surface area contributed by atoms with E-state index in [4.69, 9.17) is 27.9 Å². The van der Waals surface area contributed by atoms with Gasteiger partial charge in [-0.15, -0.1) is 12.4 Å². The van der Waals surface area contributed by atoms with Crippen molar-refractivity contribution in [2.45, 2.75) is 13.8 Å². The quantitative estimate of drug-likeness (QED) is 0.506. The summed E-state index contributed by atoms with van der Waals surface area (Å²) in [6.07, 6.45) is 0.